The number of benzene rings is 1. The van der Waals surface area contributed by atoms with Gasteiger partial charge in [-0.1, -0.05) is 43.1 Å². The van der Waals surface area contributed by atoms with Crippen LogP contribution in [-0.2, 0) is 4.74 Å². The summed E-state index contributed by atoms with van der Waals surface area (Å²) in [5.74, 6) is 0. The summed E-state index contributed by atoms with van der Waals surface area (Å²) in [7, 11) is 0. The Morgan fingerprint density at radius 3 is 2.56 bits per heavy atom. The van der Waals surface area contributed by atoms with E-state index in [2.05, 4.69) is 24.0 Å². The molecule has 2 nitrogen and oxygen atoms in total. The van der Waals surface area contributed by atoms with Crippen LogP contribution in [0.1, 0.15) is 31.4 Å². The summed E-state index contributed by atoms with van der Waals surface area (Å²) in [6, 6.07) is 8.65. The van der Waals surface area contributed by atoms with Gasteiger partial charge in [-0.15, -0.1) is 12.4 Å². The van der Waals surface area contributed by atoms with E-state index in [0.717, 1.165) is 37.7 Å². The molecule has 1 unspecified atom stereocenters. The SMILES string of the molecule is CCCC(c1ccccc1Cl)N1CCOCC1.Cl. The Bertz CT molecular complexity index is 353. The number of nitrogens with zero attached hydrogens (tertiary/aromatic N) is 1. The van der Waals surface area contributed by atoms with E-state index in [1.54, 1.807) is 0 Å². The molecule has 0 radical (unpaired) electrons. The Balaban J connectivity index is 0.00000162. The molecular weight excluding hydrogens is 269 g/mol. The molecular formula is C14H21Cl2NO. The second kappa shape index (κ2) is 8.00. The van der Waals surface area contributed by atoms with Gasteiger partial charge >= 0.3 is 0 Å². The third-order valence-corrected chi connectivity index (χ3v) is 3.66. The Morgan fingerprint density at radius 1 is 1.28 bits per heavy atom. The van der Waals surface area contributed by atoms with Crippen LogP contribution in [0.15, 0.2) is 24.3 Å². The number of rotatable bonds is 4. The van der Waals surface area contributed by atoms with Gasteiger partial charge in [0.05, 0.1) is 13.2 Å². The summed E-state index contributed by atoms with van der Waals surface area (Å²) in [6.45, 7) is 5.92. The monoisotopic (exact) mass is 289 g/mol. The van der Waals surface area contributed by atoms with Gasteiger partial charge in [0.15, 0.2) is 0 Å². The van der Waals surface area contributed by atoms with Gasteiger partial charge in [-0.2, -0.15) is 0 Å². The zero-order valence-electron chi connectivity index (χ0n) is 10.8. The van der Waals surface area contributed by atoms with E-state index >= 15 is 0 Å². The molecule has 0 bridgehead atoms. The minimum Gasteiger partial charge on any atom is -0.379 e. The van der Waals surface area contributed by atoms with Gasteiger partial charge < -0.3 is 4.74 Å². The van der Waals surface area contributed by atoms with Crippen molar-refractivity contribution in [3.05, 3.63) is 34.9 Å². The van der Waals surface area contributed by atoms with Crippen LogP contribution in [0.4, 0.5) is 0 Å². The van der Waals surface area contributed by atoms with Crippen LogP contribution in [0, 0.1) is 0 Å². The fourth-order valence-electron chi connectivity index (χ4n) is 2.44. The number of halogens is 2. The molecule has 0 saturated carbocycles. The molecule has 1 heterocycles. The summed E-state index contributed by atoms with van der Waals surface area (Å²) in [5, 5.41) is 0.887. The largest absolute Gasteiger partial charge is 0.379 e. The summed E-state index contributed by atoms with van der Waals surface area (Å²) < 4.78 is 5.42. The average Bonchev–Trinajstić information content (AvgIpc) is 2.38. The van der Waals surface area contributed by atoms with Crippen molar-refractivity contribution in [1.29, 1.82) is 0 Å². The number of ether oxygens (including phenoxy) is 1. The van der Waals surface area contributed by atoms with Crippen LogP contribution in [0.5, 0.6) is 0 Å². The quantitative estimate of drug-likeness (QED) is 0.833. The third-order valence-electron chi connectivity index (χ3n) is 3.31. The first-order valence-electron chi connectivity index (χ1n) is 6.39. The maximum atomic E-state index is 6.32. The Morgan fingerprint density at radius 2 is 1.94 bits per heavy atom. The molecule has 102 valence electrons. The van der Waals surface area contributed by atoms with Gasteiger partial charge in [0, 0.05) is 24.2 Å². The summed E-state index contributed by atoms with van der Waals surface area (Å²) >= 11 is 6.32. The Labute approximate surface area is 121 Å². The van der Waals surface area contributed by atoms with E-state index in [1.165, 1.54) is 12.0 Å². The van der Waals surface area contributed by atoms with Crippen LogP contribution in [0.2, 0.25) is 5.02 Å². The second-order valence-corrected chi connectivity index (χ2v) is 4.88. The van der Waals surface area contributed by atoms with Crippen molar-refractivity contribution < 1.29 is 4.74 Å². The van der Waals surface area contributed by atoms with E-state index in [1.807, 2.05) is 12.1 Å². The molecule has 0 N–H and O–H groups in total. The predicted molar refractivity (Wildman–Crippen MR) is 78.7 cm³/mol. The molecule has 4 heteroatoms. The lowest BCUT2D eigenvalue weighted by molar-refractivity contribution is 0.0141. The van der Waals surface area contributed by atoms with E-state index in [-0.39, 0.29) is 12.4 Å². The Kier molecular flexibility index (Phi) is 7.02. The fourth-order valence-corrected chi connectivity index (χ4v) is 2.70. The first-order chi connectivity index (χ1) is 8.33. The van der Waals surface area contributed by atoms with E-state index in [0.29, 0.717) is 6.04 Å². The zero-order chi connectivity index (χ0) is 12.1. The highest BCUT2D eigenvalue weighted by Crippen LogP contribution is 2.31. The van der Waals surface area contributed by atoms with Crippen molar-refractivity contribution in [3.63, 3.8) is 0 Å². The zero-order valence-corrected chi connectivity index (χ0v) is 12.3. The van der Waals surface area contributed by atoms with Crippen LogP contribution < -0.4 is 0 Å². The lowest BCUT2D eigenvalue weighted by atomic mass is 10.00. The van der Waals surface area contributed by atoms with Crippen molar-refractivity contribution in [3.8, 4) is 0 Å². The molecule has 1 aliphatic rings. The normalized spacial score (nSPS) is 18.1. The minimum absolute atomic E-state index is 0. The van der Waals surface area contributed by atoms with Gasteiger partial charge in [-0.3, -0.25) is 4.90 Å². The molecule has 1 fully saturated rings. The van der Waals surface area contributed by atoms with Gasteiger partial charge in [0.25, 0.3) is 0 Å². The molecule has 1 aromatic carbocycles. The standard InChI is InChI=1S/C14H20ClNO.ClH/c1-2-5-14(16-8-10-17-11-9-16)12-6-3-4-7-13(12)15;/h3-4,6-7,14H,2,5,8-11H2,1H3;1H. The van der Waals surface area contributed by atoms with Crippen LogP contribution in [0.25, 0.3) is 0 Å². The first-order valence-corrected chi connectivity index (χ1v) is 6.77. The molecule has 18 heavy (non-hydrogen) atoms. The summed E-state index contributed by atoms with van der Waals surface area (Å²) in [5.41, 5.74) is 1.26. The number of hydrogen-bond acceptors (Lipinski definition) is 2. The van der Waals surface area contributed by atoms with Gasteiger partial charge in [-0.05, 0) is 18.1 Å². The molecule has 0 aliphatic carbocycles. The van der Waals surface area contributed by atoms with E-state index in [9.17, 15) is 0 Å². The number of hydrogen-bond donors (Lipinski definition) is 0. The average molecular weight is 290 g/mol. The van der Waals surface area contributed by atoms with Gasteiger partial charge in [0.1, 0.15) is 0 Å². The van der Waals surface area contributed by atoms with Crippen molar-refractivity contribution in [1.82, 2.24) is 4.90 Å². The summed E-state index contributed by atoms with van der Waals surface area (Å²) in [4.78, 5) is 2.49. The maximum Gasteiger partial charge on any atom is 0.0594 e. The molecule has 1 aromatic rings. The lowest BCUT2D eigenvalue weighted by Gasteiger charge is -2.35. The van der Waals surface area contributed by atoms with Crippen LogP contribution in [0.3, 0.4) is 0 Å². The van der Waals surface area contributed by atoms with E-state index < -0.39 is 0 Å². The predicted octanol–water partition coefficient (Wildman–Crippen LogP) is 3.94. The molecule has 0 spiro atoms. The summed E-state index contributed by atoms with van der Waals surface area (Å²) in [6.07, 6.45) is 2.33. The molecule has 1 atom stereocenters. The second-order valence-electron chi connectivity index (χ2n) is 4.47. The smallest absolute Gasteiger partial charge is 0.0594 e. The molecule has 1 aliphatic heterocycles. The Hall–Kier alpha value is -0.280. The minimum atomic E-state index is 0. The van der Waals surface area contributed by atoms with Crippen LogP contribution in [-0.4, -0.2) is 31.2 Å². The van der Waals surface area contributed by atoms with Crippen molar-refractivity contribution in [2.75, 3.05) is 26.3 Å². The van der Waals surface area contributed by atoms with Crippen molar-refractivity contribution in [2.24, 2.45) is 0 Å². The fraction of sp³-hybridized carbons (Fsp3) is 0.571. The van der Waals surface area contributed by atoms with E-state index in [4.69, 9.17) is 16.3 Å². The highest BCUT2D eigenvalue weighted by molar-refractivity contribution is 6.31. The first kappa shape index (κ1) is 15.8. The molecule has 0 aromatic heterocycles. The van der Waals surface area contributed by atoms with Gasteiger partial charge in [-0.25, -0.2) is 0 Å². The van der Waals surface area contributed by atoms with Gasteiger partial charge in [0.2, 0.25) is 0 Å². The topological polar surface area (TPSA) is 12.5 Å². The van der Waals surface area contributed by atoms with Crippen molar-refractivity contribution in [2.45, 2.75) is 25.8 Å². The molecule has 1 saturated heterocycles. The highest BCUT2D eigenvalue weighted by Gasteiger charge is 2.23. The molecule has 0 amide bonds. The maximum absolute atomic E-state index is 6.32. The third kappa shape index (κ3) is 3.86. The highest BCUT2D eigenvalue weighted by atomic mass is 35.5. The number of morpholine rings is 1. The van der Waals surface area contributed by atoms with Crippen LogP contribution >= 0.6 is 24.0 Å². The lowest BCUT2D eigenvalue weighted by Crippen LogP contribution is -2.39. The molecule has 2 rings (SSSR count). The van der Waals surface area contributed by atoms with Crippen molar-refractivity contribution >= 4 is 24.0 Å².